The zero-order chi connectivity index (χ0) is 21.3. The molecule has 0 rings (SSSR count). The maximum Gasteiger partial charge on any atom is 0.462 e. The van der Waals surface area contributed by atoms with Crippen molar-refractivity contribution >= 4 is 17.4 Å². The second-order valence-electron chi connectivity index (χ2n) is 7.18. The molecular weight excluding hydrogens is 392 g/mol. The fourth-order valence-corrected chi connectivity index (χ4v) is 12.0. The zero-order valence-corrected chi connectivity index (χ0v) is 21.9. The number of rotatable bonds is 20. The lowest BCUT2D eigenvalue weighted by molar-refractivity contribution is -0.355. The Morgan fingerprint density at radius 1 is 0.821 bits per heavy atom. The van der Waals surface area contributed by atoms with Crippen LogP contribution in [0.3, 0.4) is 0 Å². The van der Waals surface area contributed by atoms with Gasteiger partial charge in [-0.15, -0.1) is 0 Å². The molecule has 0 aromatic carbocycles. The highest BCUT2D eigenvalue weighted by molar-refractivity contribution is 7.14. The lowest BCUT2D eigenvalue weighted by atomic mass is 10.1. The van der Waals surface area contributed by atoms with Crippen LogP contribution >= 0.6 is 0 Å². The number of methoxy groups -OCH3 is 3. The lowest BCUT2D eigenvalue weighted by Gasteiger charge is -2.32. The highest BCUT2D eigenvalue weighted by atomic mass is 29.2. The van der Waals surface area contributed by atoms with Crippen molar-refractivity contribution in [2.45, 2.75) is 97.2 Å². The summed E-state index contributed by atoms with van der Waals surface area (Å²) < 4.78 is 34.9. The Labute approximate surface area is 176 Å². The summed E-state index contributed by atoms with van der Waals surface area (Å²) >= 11 is 0. The van der Waals surface area contributed by atoms with E-state index in [2.05, 4.69) is 13.8 Å². The summed E-state index contributed by atoms with van der Waals surface area (Å²) in [7, 11) is 1.72. The number of unbranched alkanes of at least 4 members (excludes halogenated alkanes) is 4. The van der Waals surface area contributed by atoms with Gasteiger partial charge in [-0.2, -0.15) is 0 Å². The fraction of sp³-hybridized carbons (Fsp3) is 1.00. The lowest BCUT2D eigenvalue weighted by Crippen LogP contribution is -2.54. The van der Waals surface area contributed by atoms with Gasteiger partial charge in [-0.05, 0) is 33.6 Å². The molecule has 0 bridgehead atoms. The van der Waals surface area contributed by atoms with E-state index in [0.717, 1.165) is 25.3 Å². The van der Waals surface area contributed by atoms with E-state index in [1.165, 1.54) is 25.7 Å². The quantitative estimate of drug-likeness (QED) is 0.161. The van der Waals surface area contributed by atoms with E-state index in [1.807, 2.05) is 13.8 Å². The Morgan fingerprint density at radius 3 is 1.93 bits per heavy atom. The second-order valence-corrected chi connectivity index (χ2v) is 14.7. The molecule has 0 aliphatic heterocycles. The summed E-state index contributed by atoms with van der Waals surface area (Å²) in [5, 5.41) is 0. The van der Waals surface area contributed by atoms with Crippen LogP contribution in [-0.4, -0.2) is 64.0 Å². The van der Waals surface area contributed by atoms with Gasteiger partial charge in [0.25, 0.3) is 5.97 Å². The molecule has 8 heteroatoms. The SMILES string of the molecule is CCCCCCC(C)O[Si](OCC)(OCC)[SiH2]CCCCC(OC)(OC)OC. The van der Waals surface area contributed by atoms with Gasteiger partial charge in [0.1, 0.15) is 9.04 Å². The number of hydrogen-bond acceptors (Lipinski definition) is 6. The molecule has 0 fully saturated rings. The standard InChI is InChI=1S/C20H46O6Si2/c1-8-11-12-13-16-19(4)26-28(24-9-2,25-10-3)27-18-15-14-17-20(21-5,22-6)23-7/h19H,8-18,27H2,1-7H3. The predicted octanol–water partition coefficient (Wildman–Crippen LogP) is 4.22. The highest BCUT2D eigenvalue weighted by Crippen LogP contribution is 2.22. The van der Waals surface area contributed by atoms with Crippen molar-refractivity contribution in [3.05, 3.63) is 0 Å². The van der Waals surface area contributed by atoms with Crippen LogP contribution in [0.15, 0.2) is 0 Å². The van der Waals surface area contributed by atoms with Crippen LogP contribution in [-0.2, 0) is 27.5 Å². The van der Waals surface area contributed by atoms with Crippen molar-refractivity contribution in [1.82, 2.24) is 0 Å². The maximum atomic E-state index is 6.49. The first-order chi connectivity index (χ1) is 13.5. The fourth-order valence-electron chi connectivity index (χ4n) is 3.39. The molecule has 28 heavy (non-hydrogen) atoms. The smallest absolute Gasteiger partial charge is 0.377 e. The van der Waals surface area contributed by atoms with E-state index in [4.69, 9.17) is 27.5 Å². The van der Waals surface area contributed by atoms with E-state index in [-0.39, 0.29) is 6.10 Å². The van der Waals surface area contributed by atoms with E-state index >= 15 is 0 Å². The molecule has 170 valence electrons. The van der Waals surface area contributed by atoms with Gasteiger partial charge in [0.2, 0.25) is 0 Å². The Kier molecular flexibility index (Phi) is 17.1. The van der Waals surface area contributed by atoms with Gasteiger partial charge < -0.3 is 27.5 Å². The molecular formula is C20H46O6Si2. The molecule has 0 spiro atoms. The third-order valence-electron chi connectivity index (χ3n) is 4.97. The van der Waals surface area contributed by atoms with Crippen molar-refractivity contribution in [1.29, 1.82) is 0 Å². The third-order valence-corrected chi connectivity index (χ3v) is 13.3. The molecule has 0 N–H and O–H groups in total. The van der Waals surface area contributed by atoms with Crippen LogP contribution in [0.2, 0.25) is 6.04 Å². The minimum absolute atomic E-state index is 0.206. The van der Waals surface area contributed by atoms with Gasteiger partial charge >= 0.3 is 8.32 Å². The molecule has 0 aliphatic carbocycles. The molecule has 0 amide bonds. The summed E-state index contributed by atoms with van der Waals surface area (Å²) in [6.07, 6.45) is 9.09. The largest absolute Gasteiger partial charge is 0.462 e. The third kappa shape index (κ3) is 11.4. The average Bonchev–Trinajstić information content (AvgIpc) is 2.69. The van der Waals surface area contributed by atoms with Gasteiger partial charge in [-0.25, -0.2) is 0 Å². The number of ether oxygens (including phenoxy) is 3. The summed E-state index contributed by atoms with van der Waals surface area (Å²) in [6.45, 7) is 9.79. The van der Waals surface area contributed by atoms with Crippen LogP contribution in [0.5, 0.6) is 0 Å². The molecule has 6 nitrogen and oxygen atoms in total. The van der Waals surface area contributed by atoms with E-state index in [0.29, 0.717) is 19.6 Å². The summed E-state index contributed by atoms with van der Waals surface area (Å²) in [6, 6.07) is 1.13. The maximum absolute atomic E-state index is 6.49. The molecule has 0 heterocycles. The Hall–Kier alpha value is 0.194. The first-order valence-corrected chi connectivity index (χ1v) is 16.1. The van der Waals surface area contributed by atoms with Gasteiger partial charge in [-0.1, -0.05) is 45.1 Å². The van der Waals surface area contributed by atoms with Gasteiger partial charge in [0.15, 0.2) is 0 Å². The van der Waals surface area contributed by atoms with Crippen LogP contribution in [0.4, 0.5) is 0 Å². The second kappa shape index (κ2) is 16.9. The van der Waals surface area contributed by atoms with E-state index in [1.54, 1.807) is 21.3 Å². The molecule has 0 aromatic rings. The molecule has 0 aliphatic rings. The number of hydrogen-bond donors (Lipinski definition) is 0. The summed E-state index contributed by atoms with van der Waals surface area (Å²) in [4.78, 5) is 0. The first kappa shape index (κ1) is 28.2. The highest BCUT2D eigenvalue weighted by Gasteiger charge is 2.41. The minimum atomic E-state index is -2.50. The van der Waals surface area contributed by atoms with Crippen LogP contribution < -0.4 is 0 Å². The predicted molar refractivity (Wildman–Crippen MR) is 119 cm³/mol. The Bertz CT molecular complexity index is 341. The van der Waals surface area contributed by atoms with Crippen LogP contribution in [0, 0.1) is 0 Å². The average molecular weight is 439 g/mol. The molecule has 0 radical (unpaired) electrons. The van der Waals surface area contributed by atoms with Crippen molar-refractivity contribution < 1.29 is 27.5 Å². The molecule has 0 saturated carbocycles. The Balaban J connectivity index is 4.57. The normalized spacial score (nSPS) is 14.2. The van der Waals surface area contributed by atoms with E-state index < -0.39 is 23.3 Å². The molecule has 0 aromatic heterocycles. The van der Waals surface area contributed by atoms with Crippen molar-refractivity contribution in [3.8, 4) is 0 Å². The summed E-state index contributed by atoms with van der Waals surface area (Å²) in [5.41, 5.74) is 0. The molecule has 1 unspecified atom stereocenters. The zero-order valence-electron chi connectivity index (χ0n) is 19.5. The van der Waals surface area contributed by atoms with Crippen LogP contribution in [0.1, 0.15) is 79.1 Å². The molecule has 0 saturated heterocycles. The van der Waals surface area contributed by atoms with Crippen molar-refractivity contribution in [3.63, 3.8) is 0 Å². The van der Waals surface area contributed by atoms with Crippen molar-refractivity contribution in [2.75, 3.05) is 34.5 Å². The minimum Gasteiger partial charge on any atom is -0.377 e. The van der Waals surface area contributed by atoms with E-state index in [9.17, 15) is 0 Å². The van der Waals surface area contributed by atoms with Crippen molar-refractivity contribution in [2.24, 2.45) is 0 Å². The monoisotopic (exact) mass is 438 g/mol. The topological polar surface area (TPSA) is 55.4 Å². The molecule has 1 atom stereocenters. The van der Waals surface area contributed by atoms with Gasteiger partial charge in [-0.3, -0.25) is 0 Å². The Morgan fingerprint density at radius 2 is 1.43 bits per heavy atom. The summed E-state index contributed by atoms with van der Waals surface area (Å²) in [5.74, 6) is -0.931. The van der Waals surface area contributed by atoms with Gasteiger partial charge in [0.05, 0.1) is 0 Å². The van der Waals surface area contributed by atoms with Gasteiger partial charge in [0, 0.05) is 47.1 Å². The first-order valence-electron chi connectivity index (χ1n) is 11.1. The van der Waals surface area contributed by atoms with Crippen LogP contribution in [0.25, 0.3) is 0 Å².